The summed E-state index contributed by atoms with van der Waals surface area (Å²) in [6, 6.07) is 0. The van der Waals surface area contributed by atoms with E-state index in [1.165, 1.54) is 0 Å². The molecule has 0 unspecified atom stereocenters. The number of rotatable bonds is 1. The molecule has 0 aromatic rings. The third kappa shape index (κ3) is 1.65. The zero-order chi connectivity index (χ0) is 10.2. The zero-order valence-electron chi connectivity index (χ0n) is 6.18. The molecule has 0 aliphatic carbocycles. The molecule has 0 heterocycles. The number of hydrogen-bond donors (Lipinski definition) is 0. The first kappa shape index (κ1) is 11.5. The lowest BCUT2D eigenvalue weighted by atomic mass is 10.1. The third-order valence-electron chi connectivity index (χ3n) is 1.49. The monoisotopic (exact) mass is 196 g/mol. The van der Waals surface area contributed by atoms with E-state index in [1.807, 2.05) is 0 Å². The van der Waals surface area contributed by atoms with Crippen LogP contribution in [0.15, 0.2) is 0 Å². The van der Waals surface area contributed by atoms with E-state index >= 15 is 0 Å². The van der Waals surface area contributed by atoms with Gasteiger partial charge in [0.1, 0.15) is 0 Å². The van der Waals surface area contributed by atoms with Gasteiger partial charge in [0.05, 0.1) is 0 Å². The molecule has 7 heteroatoms. The van der Waals surface area contributed by atoms with Crippen molar-refractivity contribution in [3.8, 4) is 0 Å². The average molecular weight is 196 g/mol. The van der Waals surface area contributed by atoms with Crippen molar-refractivity contribution in [2.45, 2.75) is 24.9 Å². The van der Waals surface area contributed by atoms with Gasteiger partial charge in [-0.05, 0) is 6.92 Å². The Hall–Kier alpha value is -0.460. The van der Waals surface area contributed by atoms with Crippen molar-refractivity contribution in [2.75, 3.05) is 7.11 Å². The van der Waals surface area contributed by atoms with Crippen molar-refractivity contribution in [1.29, 1.82) is 0 Å². The van der Waals surface area contributed by atoms with E-state index in [2.05, 4.69) is 4.74 Å². The molecule has 0 aromatic heterocycles. The van der Waals surface area contributed by atoms with Gasteiger partial charge in [0.2, 0.25) is 0 Å². The fraction of sp³-hybridized carbons (Fsp3) is 1.00. The largest absolute Gasteiger partial charge is 0.426 e. The molecular formula is C5H6F6O. The molecule has 0 saturated heterocycles. The number of alkyl halides is 6. The van der Waals surface area contributed by atoms with Crippen molar-refractivity contribution in [1.82, 2.24) is 0 Å². The normalized spacial score (nSPS) is 15.0. The maximum atomic E-state index is 11.8. The molecule has 1 nitrogen and oxygen atoms in total. The molecule has 0 aliphatic rings. The molecule has 0 N–H and O–H groups in total. The average Bonchev–Trinajstić information content (AvgIpc) is 1.81. The highest BCUT2D eigenvalue weighted by Gasteiger charge is 2.68. The summed E-state index contributed by atoms with van der Waals surface area (Å²) in [6.07, 6.45) is -10.9. The predicted octanol–water partition coefficient (Wildman–Crippen LogP) is 2.52. The molecule has 0 bridgehead atoms. The number of ether oxygens (including phenoxy) is 1. The van der Waals surface area contributed by atoms with Crippen LogP contribution in [0.25, 0.3) is 0 Å². The minimum Gasteiger partial charge on any atom is -0.362 e. The summed E-state index contributed by atoms with van der Waals surface area (Å²) in [5.74, 6) is 0. The van der Waals surface area contributed by atoms with Gasteiger partial charge in [0.25, 0.3) is 5.60 Å². The lowest BCUT2D eigenvalue weighted by Gasteiger charge is -2.32. The van der Waals surface area contributed by atoms with Gasteiger partial charge in [-0.15, -0.1) is 0 Å². The summed E-state index contributed by atoms with van der Waals surface area (Å²) in [5.41, 5.74) is -4.08. The Labute approximate surface area is 64.3 Å². The second-order valence-electron chi connectivity index (χ2n) is 2.23. The van der Waals surface area contributed by atoms with E-state index in [0.717, 1.165) is 0 Å². The van der Waals surface area contributed by atoms with Crippen LogP contribution < -0.4 is 0 Å². The highest BCUT2D eigenvalue weighted by Crippen LogP contribution is 2.44. The van der Waals surface area contributed by atoms with Crippen LogP contribution in [0.1, 0.15) is 6.92 Å². The number of halogens is 6. The van der Waals surface area contributed by atoms with Crippen molar-refractivity contribution in [3.63, 3.8) is 0 Å². The van der Waals surface area contributed by atoms with Crippen LogP contribution in [0, 0.1) is 0 Å². The molecule has 0 fully saturated rings. The summed E-state index contributed by atoms with van der Waals surface area (Å²) in [4.78, 5) is 0. The quantitative estimate of drug-likeness (QED) is 0.585. The predicted molar refractivity (Wildman–Crippen MR) is 27.5 cm³/mol. The standard InChI is InChI=1S/C5H6F6O/c1-3(12-2,4(6,7)8)5(9,10)11/h1-2H3. The summed E-state index contributed by atoms with van der Waals surface area (Å²) >= 11 is 0. The molecule has 0 saturated carbocycles. The molecule has 12 heavy (non-hydrogen) atoms. The van der Waals surface area contributed by atoms with Crippen LogP contribution in [-0.4, -0.2) is 25.1 Å². The van der Waals surface area contributed by atoms with Crippen molar-refractivity contribution in [2.24, 2.45) is 0 Å². The van der Waals surface area contributed by atoms with Gasteiger partial charge in [0.15, 0.2) is 0 Å². The van der Waals surface area contributed by atoms with Gasteiger partial charge in [0, 0.05) is 7.11 Å². The molecule has 0 aliphatic heterocycles. The molecule has 0 aromatic carbocycles. The second-order valence-corrected chi connectivity index (χ2v) is 2.23. The van der Waals surface area contributed by atoms with Gasteiger partial charge >= 0.3 is 12.4 Å². The van der Waals surface area contributed by atoms with Gasteiger partial charge in [-0.1, -0.05) is 0 Å². The summed E-state index contributed by atoms with van der Waals surface area (Å²) < 4.78 is 74.0. The smallest absolute Gasteiger partial charge is 0.362 e. The fourth-order valence-corrected chi connectivity index (χ4v) is 0.392. The van der Waals surface area contributed by atoms with Gasteiger partial charge < -0.3 is 4.74 Å². The highest BCUT2D eigenvalue weighted by molar-refractivity contribution is 4.90. The number of methoxy groups -OCH3 is 1. The molecule has 0 atom stereocenters. The Bertz CT molecular complexity index is 142. The van der Waals surface area contributed by atoms with E-state index in [9.17, 15) is 26.3 Å². The fourth-order valence-electron chi connectivity index (χ4n) is 0.392. The maximum Gasteiger partial charge on any atom is 0.426 e. The SMILES string of the molecule is COC(C)(C(F)(F)F)C(F)(F)F. The first-order valence-corrected chi connectivity index (χ1v) is 2.75. The second kappa shape index (κ2) is 2.79. The van der Waals surface area contributed by atoms with E-state index in [4.69, 9.17) is 0 Å². The molecular weight excluding hydrogens is 190 g/mol. The number of hydrogen-bond acceptors (Lipinski definition) is 1. The summed E-state index contributed by atoms with van der Waals surface area (Å²) in [7, 11) is 0.362. The van der Waals surface area contributed by atoms with Crippen LogP contribution in [0.5, 0.6) is 0 Å². The van der Waals surface area contributed by atoms with E-state index in [1.54, 1.807) is 0 Å². The van der Waals surface area contributed by atoms with Crippen LogP contribution in [0.4, 0.5) is 26.3 Å². The van der Waals surface area contributed by atoms with E-state index in [0.29, 0.717) is 7.11 Å². The van der Waals surface area contributed by atoms with Gasteiger partial charge in [-0.3, -0.25) is 0 Å². The van der Waals surface area contributed by atoms with Crippen molar-refractivity contribution >= 4 is 0 Å². The third-order valence-corrected chi connectivity index (χ3v) is 1.49. The van der Waals surface area contributed by atoms with E-state index < -0.39 is 18.0 Å². The zero-order valence-corrected chi connectivity index (χ0v) is 6.18. The Kier molecular flexibility index (Phi) is 2.68. The Morgan fingerprint density at radius 1 is 0.833 bits per heavy atom. The lowest BCUT2D eigenvalue weighted by Crippen LogP contribution is -2.55. The Morgan fingerprint density at radius 2 is 1.08 bits per heavy atom. The maximum absolute atomic E-state index is 11.8. The van der Waals surface area contributed by atoms with Crippen LogP contribution in [0.3, 0.4) is 0 Å². The van der Waals surface area contributed by atoms with Gasteiger partial charge in [-0.2, -0.15) is 26.3 Å². The van der Waals surface area contributed by atoms with E-state index in [-0.39, 0.29) is 6.92 Å². The molecule has 0 amide bonds. The minimum absolute atomic E-state index is 0.0625. The molecule has 0 radical (unpaired) electrons. The van der Waals surface area contributed by atoms with Crippen LogP contribution in [0.2, 0.25) is 0 Å². The van der Waals surface area contributed by atoms with Crippen LogP contribution in [-0.2, 0) is 4.74 Å². The summed E-state index contributed by atoms with van der Waals surface area (Å²) in [6.45, 7) is -0.0625. The lowest BCUT2D eigenvalue weighted by molar-refractivity contribution is -0.367. The Balaban J connectivity index is 4.95. The van der Waals surface area contributed by atoms with Crippen LogP contribution >= 0.6 is 0 Å². The molecule has 0 spiro atoms. The first-order chi connectivity index (χ1) is 5.06. The topological polar surface area (TPSA) is 9.23 Å². The Morgan fingerprint density at radius 3 is 1.08 bits per heavy atom. The minimum atomic E-state index is -5.46. The van der Waals surface area contributed by atoms with Crippen molar-refractivity contribution < 1.29 is 31.1 Å². The molecule has 0 rings (SSSR count). The highest BCUT2D eigenvalue weighted by atomic mass is 19.4. The first-order valence-electron chi connectivity index (χ1n) is 2.75. The molecule has 74 valence electrons. The summed E-state index contributed by atoms with van der Waals surface area (Å²) in [5, 5.41) is 0. The van der Waals surface area contributed by atoms with Gasteiger partial charge in [-0.25, -0.2) is 0 Å². The van der Waals surface area contributed by atoms with Crippen molar-refractivity contribution in [3.05, 3.63) is 0 Å².